The molecule has 0 bridgehead atoms. The van der Waals surface area contributed by atoms with Crippen molar-refractivity contribution in [2.24, 2.45) is 0 Å². The number of para-hydroxylation sites is 1. The topological polar surface area (TPSA) is 190 Å². The van der Waals surface area contributed by atoms with E-state index in [0.29, 0.717) is 36.1 Å². The van der Waals surface area contributed by atoms with E-state index in [1.165, 1.54) is 24.5 Å². The predicted octanol–water partition coefficient (Wildman–Crippen LogP) is 8.82. The number of halogens is 3. The summed E-state index contributed by atoms with van der Waals surface area (Å²) in [6.07, 6.45) is 7.51. The van der Waals surface area contributed by atoms with Crippen molar-refractivity contribution in [2.75, 3.05) is 24.6 Å². The summed E-state index contributed by atoms with van der Waals surface area (Å²) in [5, 5.41) is 21.9. The van der Waals surface area contributed by atoms with E-state index in [4.69, 9.17) is 4.74 Å². The van der Waals surface area contributed by atoms with Crippen LogP contribution in [0.2, 0.25) is 0 Å². The van der Waals surface area contributed by atoms with Gasteiger partial charge in [-0.15, -0.1) is 0 Å². The van der Waals surface area contributed by atoms with Crippen LogP contribution >= 0.6 is 22.6 Å². The summed E-state index contributed by atoms with van der Waals surface area (Å²) in [5.41, 5.74) is 1.94. The number of aromatic carboxylic acids is 1. The first-order valence-electron chi connectivity index (χ1n) is 22.2. The summed E-state index contributed by atoms with van der Waals surface area (Å²) < 4.78 is 37.8. The third kappa shape index (κ3) is 11.9. The fraction of sp³-hybridized carbons (Fsp3) is 0.189. The Morgan fingerprint density at radius 1 is 0.729 bits per heavy atom. The lowest BCUT2D eigenvalue weighted by molar-refractivity contribution is -0.119. The van der Waals surface area contributed by atoms with Crippen molar-refractivity contribution in [3.05, 3.63) is 192 Å². The van der Waals surface area contributed by atoms with Crippen LogP contribution in [0, 0.1) is 15.2 Å². The van der Waals surface area contributed by atoms with Gasteiger partial charge in [0, 0.05) is 72.3 Å². The first kappa shape index (κ1) is 50.1. The number of carbonyl (C=O) groups is 4. The number of fused-ring (bicyclic) bond motifs is 3. The van der Waals surface area contributed by atoms with Gasteiger partial charge < -0.3 is 34.3 Å². The number of esters is 1. The maximum absolute atomic E-state index is 14.3. The largest absolute Gasteiger partial charge is 0.506 e. The van der Waals surface area contributed by atoms with Gasteiger partial charge in [0.25, 0.3) is 0 Å². The molecule has 2 fully saturated rings. The predicted molar refractivity (Wildman–Crippen MR) is 270 cm³/mol. The van der Waals surface area contributed by atoms with Crippen molar-refractivity contribution in [1.82, 2.24) is 19.4 Å². The van der Waals surface area contributed by atoms with Crippen molar-refractivity contribution in [3.8, 4) is 5.75 Å². The molecule has 0 radical (unpaired) electrons. The van der Waals surface area contributed by atoms with Crippen molar-refractivity contribution >= 4 is 84.7 Å². The second kappa shape index (κ2) is 23.0. The van der Waals surface area contributed by atoms with Crippen molar-refractivity contribution < 1.29 is 42.9 Å². The lowest BCUT2D eigenvalue weighted by atomic mass is 10.1. The number of hydrogen-bond acceptors (Lipinski definition) is 9. The number of aromatic hydroxyl groups is 1. The number of nitrogens with zero attached hydrogens (tertiary/aromatic N) is 4. The van der Waals surface area contributed by atoms with Crippen molar-refractivity contribution in [1.29, 1.82) is 0 Å². The quantitative estimate of drug-likeness (QED) is 0.0980. The number of rotatable bonds is 8. The van der Waals surface area contributed by atoms with Gasteiger partial charge in [0.1, 0.15) is 34.0 Å². The number of pyridine rings is 3. The Bertz CT molecular complexity index is 3350. The Kier molecular flexibility index (Phi) is 16.5. The monoisotopic (exact) mass is 1060 g/mol. The highest BCUT2D eigenvalue weighted by Crippen LogP contribution is 2.24. The van der Waals surface area contributed by atoms with Gasteiger partial charge in [0.2, 0.25) is 22.7 Å². The molecule has 5 aromatic carbocycles. The summed E-state index contributed by atoms with van der Waals surface area (Å²) in [7, 11) is 0. The molecule has 0 atom stereocenters. The smallest absolute Gasteiger partial charge is 0.343 e. The Balaban J connectivity index is 0.000000155. The van der Waals surface area contributed by atoms with Crippen LogP contribution in [0.15, 0.2) is 143 Å². The zero-order valence-corrected chi connectivity index (χ0v) is 39.9. The van der Waals surface area contributed by atoms with Gasteiger partial charge >= 0.3 is 11.9 Å². The second-order valence-electron chi connectivity index (χ2n) is 16.0. The third-order valence-corrected chi connectivity index (χ3v) is 12.0. The van der Waals surface area contributed by atoms with E-state index in [9.17, 15) is 47.8 Å². The van der Waals surface area contributed by atoms with Gasteiger partial charge in [-0.05, 0) is 114 Å². The average Bonchev–Trinajstić information content (AvgIpc) is 4.02. The molecule has 3 aromatic heterocycles. The second-order valence-corrected chi connectivity index (χ2v) is 17.3. The highest BCUT2D eigenvalue weighted by Gasteiger charge is 2.22. The molecule has 3 N–H and O–H groups in total. The minimum Gasteiger partial charge on any atom is -0.506 e. The number of anilines is 1. The lowest BCUT2D eigenvalue weighted by Crippen LogP contribution is -2.23. The number of carboxylic acid groups (broad SMARTS) is 1. The van der Waals surface area contributed by atoms with Gasteiger partial charge in [-0.25, -0.2) is 18.4 Å². The van der Waals surface area contributed by atoms with Crippen LogP contribution in [0.5, 0.6) is 5.75 Å². The van der Waals surface area contributed by atoms with E-state index >= 15 is 0 Å². The molecular formula is C53H46F2IN5O9. The van der Waals surface area contributed by atoms with Crippen LogP contribution in [-0.2, 0) is 27.4 Å². The Morgan fingerprint density at radius 2 is 1.30 bits per heavy atom. The van der Waals surface area contributed by atoms with Crippen LogP contribution < -0.4 is 21.1 Å². The molecule has 2 aliphatic heterocycles. The van der Waals surface area contributed by atoms with E-state index < -0.39 is 40.0 Å². The Morgan fingerprint density at radius 3 is 1.81 bits per heavy atom. The van der Waals surface area contributed by atoms with E-state index in [1.54, 1.807) is 57.5 Å². The number of amides is 2. The minimum absolute atomic E-state index is 0.0979. The number of carbonyl (C=O) groups excluding carboxylic acids is 3. The molecule has 10 rings (SSSR count). The van der Waals surface area contributed by atoms with Crippen LogP contribution in [0.3, 0.4) is 0 Å². The molecule has 2 amide bonds. The van der Waals surface area contributed by atoms with Crippen molar-refractivity contribution in [2.45, 2.75) is 45.7 Å². The maximum atomic E-state index is 14.3. The molecule has 5 heterocycles. The number of phenolic OH excluding ortho intramolecular Hbond substituents is 1. The molecule has 2 saturated heterocycles. The van der Waals surface area contributed by atoms with E-state index in [-0.39, 0.29) is 47.1 Å². The molecule has 0 saturated carbocycles. The number of aromatic nitrogens is 3. The number of carboxylic acids is 1. The summed E-state index contributed by atoms with van der Waals surface area (Å²) in [6, 6.07) is 33.0. The zero-order valence-electron chi connectivity index (χ0n) is 37.7. The number of benzene rings is 5. The van der Waals surface area contributed by atoms with Crippen molar-refractivity contribution in [3.63, 3.8) is 0 Å². The summed E-state index contributed by atoms with van der Waals surface area (Å²) >= 11 is 2.21. The molecule has 8 aromatic rings. The SMILES string of the molecule is CCOC(=O)c1cn(Cc2ccc(I)cc2)c2cccc(F)c2c1=O.O=C(O)c1cn(Cc2ccc(N3CCCC3=O)cc2)c2cccc(F)c2c1=O.O=C1CCCN1.Oc1cccc2cccnc12. The fourth-order valence-corrected chi connectivity index (χ4v) is 8.26. The third-order valence-electron chi connectivity index (χ3n) is 11.3. The number of hydrogen-bond donors (Lipinski definition) is 3. The summed E-state index contributed by atoms with van der Waals surface area (Å²) in [4.78, 5) is 76.2. The van der Waals surface area contributed by atoms with E-state index in [2.05, 4.69) is 32.9 Å². The summed E-state index contributed by atoms with van der Waals surface area (Å²) in [6.45, 7) is 4.05. The molecule has 17 heteroatoms. The first-order chi connectivity index (χ1) is 33.7. The standard InChI is InChI=1S/C21H17FN2O4.C19H15FINO3.C9H7NO.C4H7NO/c22-16-3-1-4-17-19(16)20(26)15(21(27)28)12-23(17)11-13-6-8-14(9-7-13)24-10-2-5-18(24)25;1-2-25-19(24)14-11-22(10-12-6-8-13(21)9-7-12)16-5-3-4-15(20)17(16)18(14)23;11-8-5-1-3-7-4-2-6-10-9(7)8;6-4-2-1-3-5-4/h1,3-4,6-9,12H,2,5,10-11H2,(H,27,28);3-9,11H,2,10H2,1H3;1-6,11H;1-3H2,(H,5,6). The Hall–Kier alpha value is -7.80. The van der Waals surface area contributed by atoms with E-state index in [0.717, 1.165) is 57.6 Å². The van der Waals surface area contributed by atoms with Gasteiger partial charge in [-0.3, -0.25) is 24.2 Å². The molecule has 358 valence electrons. The zero-order chi connectivity index (χ0) is 49.9. The molecule has 0 unspecified atom stereocenters. The number of nitrogens with one attached hydrogen (secondary N) is 1. The average molecular weight is 1060 g/mol. The van der Waals surface area contributed by atoms with Gasteiger partial charge in [-0.2, -0.15) is 0 Å². The highest BCUT2D eigenvalue weighted by molar-refractivity contribution is 14.1. The minimum atomic E-state index is -1.40. The Labute approximate surface area is 412 Å². The van der Waals surface area contributed by atoms with Crippen LogP contribution in [-0.4, -0.2) is 67.8 Å². The van der Waals surface area contributed by atoms with Gasteiger partial charge in [0.05, 0.1) is 28.4 Å². The van der Waals surface area contributed by atoms with Crippen LogP contribution in [0.1, 0.15) is 64.4 Å². The molecular weight excluding hydrogens is 1020 g/mol. The fourth-order valence-electron chi connectivity index (χ4n) is 7.90. The molecule has 2 aliphatic rings. The number of phenols is 1. The molecule has 0 spiro atoms. The van der Waals surface area contributed by atoms with Crippen LogP contribution in [0.25, 0.3) is 32.7 Å². The normalized spacial score (nSPS) is 12.9. The van der Waals surface area contributed by atoms with E-state index in [1.807, 2.05) is 66.7 Å². The number of ether oxygens (including phenoxy) is 1. The maximum Gasteiger partial charge on any atom is 0.343 e. The van der Waals surface area contributed by atoms with Gasteiger partial charge in [-0.1, -0.05) is 54.6 Å². The van der Waals surface area contributed by atoms with Gasteiger partial charge in [0.15, 0.2) is 0 Å². The summed E-state index contributed by atoms with van der Waals surface area (Å²) in [5.74, 6) is -2.99. The highest BCUT2D eigenvalue weighted by atomic mass is 127. The molecule has 70 heavy (non-hydrogen) atoms. The van der Waals surface area contributed by atoms with Crippen LogP contribution in [0.4, 0.5) is 14.5 Å². The molecule has 14 nitrogen and oxygen atoms in total. The first-order valence-corrected chi connectivity index (χ1v) is 23.3. The lowest BCUT2D eigenvalue weighted by Gasteiger charge is -2.17. The molecule has 0 aliphatic carbocycles.